The third-order valence-electron chi connectivity index (χ3n) is 5.45. The number of carboxylic acids is 1. The van der Waals surface area contributed by atoms with Crippen molar-refractivity contribution in [2.45, 2.75) is 19.9 Å². The second-order valence-corrected chi connectivity index (χ2v) is 8.16. The van der Waals surface area contributed by atoms with E-state index in [1.54, 1.807) is 18.5 Å². The number of aryl methyl sites for hydroxylation is 1. The van der Waals surface area contributed by atoms with Gasteiger partial charge in [-0.2, -0.15) is 0 Å². The highest BCUT2D eigenvalue weighted by Crippen LogP contribution is 2.32. The quantitative estimate of drug-likeness (QED) is 0.350. The Bertz CT molecular complexity index is 1520. The van der Waals surface area contributed by atoms with Crippen LogP contribution in [0.15, 0.2) is 60.9 Å². The third-order valence-corrected chi connectivity index (χ3v) is 5.66. The van der Waals surface area contributed by atoms with Gasteiger partial charge in [-0.15, -0.1) is 10.2 Å². The first-order valence-electron chi connectivity index (χ1n) is 10.3. The van der Waals surface area contributed by atoms with Crippen molar-refractivity contribution in [2.75, 3.05) is 5.32 Å². The van der Waals surface area contributed by atoms with Gasteiger partial charge in [0.15, 0.2) is 11.3 Å². The van der Waals surface area contributed by atoms with Gasteiger partial charge >= 0.3 is 5.97 Å². The predicted octanol–water partition coefficient (Wildman–Crippen LogP) is 5.17. The number of carboxylic acid groups (broad SMARTS) is 1. The van der Waals surface area contributed by atoms with Gasteiger partial charge in [0.25, 0.3) is 0 Å². The average molecular weight is 459 g/mol. The summed E-state index contributed by atoms with van der Waals surface area (Å²) in [5.41, 5.74) is 4.57. The van der Waals surface area contributed by atoms with E-state index in [1.165, 1.54) is 0 Å². The maximum atomic E-state index is 11.7. The summed E-state index contributed by atoms with van der Waals surface area (Å²) in [7, 11) is 0. The van der Waals surface area contributed by atoms with E-state index in [9.17, 15) is 9.90 Å². The van der Waals surface area contributed by atoms with Crippen molar-refractivity contribution in [3.8, 4) is 11.4 Å². The molecule has 0 saturated carbocycles. The Morgan fingerprint density at radius 3 is 2.67 bits per heavy atom. The molecule has 9 heteroatoms. The molecule has 33 heavy (non-hydrogen) atoms. The molecule has 0 bridgehead atoms. The zero-order valence-corrected chi connectivity index (χ0v) is 18.6. The molecule has 0 aliphatic carbocycles. The van der Waals surface area contributed by atoms with Gasteiger partial charge in [0.2, 0.25) is 0 Å². The first-order chi connectivity index (χ1) is 15.9. The maximum absolute atomic E-state index is 11.7. The van der Waals surface area contributed by atoms with Crippen LogP contribution in [0, 0.1) is 6.92 Å². The van der Waals surface area contributed by atoms with Gasteiger partial charge in [0.05, 0.1) is 17.2 Å². The van der Waals surface area contributed by atoms with Gasteiger partial charge < -0.3 is 10.4 Å². The molecule has 0 fully saturated rings. The minimum Gasteiger partial charge on any atom is -0.476 e. The molecule has 5 rings (SSSR count). The van der Waals surface area contributed by atoms with Gasteiger partial charge in [-0.3, -0.25) is 4.40 Å². The van der Waals surface area contributed by atoms with Crippen LogP contribution in [0.5, 0.6) is 0 Å². The Morgan fingerprint density at radius 2 is 1.91 bits per heavy atom. The molecule has 1 atom stereocenters. The molecule has 0 aliphatic rings. The van der Waals surface area contributed by atoms with Gasteiger partial charge in [0.1, 0.15) is 17.3 Å². The molecule has 164 valence electrons. The third kappa shape index (κ3) is 3.74. The fraction of sp³-hybridized carbons (Fsp3) is 0.125. The normalized spacial score (nSPS) is 12.2. The number of nitrogens with one attached hydrogen (secondary N) is 1. The molecule has 0 saturated heterocycles. The van der Waals surface area contributed by atoms with E-state index in [4.69, 9.17) is 16.6 Å². The predicted molar refractivity (Wildman–Crippen MR) is 127 cm³/mol. The molecular formula is C24H19ClN6O2. The number of carbonyl (C=O) groups is 1. The van der Waals surface area contributed by atoms with E-state index < -0.39 is 5.97 Å². The lowest BCUT2D eigenvalue weighted by molar-refractivity contribution is 0.0691. The van der Waals surface area contributed by atoms with E-state index in [1.807, 2.05) is 60.7 Å². The number of aromatic carboxylic acids is 1. The van der Waals surface area contributed by atoms with Crippen LogP contribution in [0.4, 0.5) is 5.69 Å². The van der Waals surface area contributed by atoms with Crippen molar-refractivity contribution in [3.63, 3.8) is 0 Å². The van der Waals surface area contributed by atoms with Crippen LogP contribution in [0.3, 0.4) is 0 Å². The number of nitrogens with zero attached hydrogens (tertiary/aromatic N) is 5. The number of fused-ring (bicyclic) bond motifs is 3. The highest BCUT2D eigenvalue weighted by molar-refractivity contribution is 6.29. The van der Waals surface area contributed by atoms with Crippen LogP contribution in [0.1, 0.15) is 34.6 Å². The summed E-state index contributed by atoms with van der Waals surface area (Å²) < 4.78 is 1.88. The average Bonchev–Trinajstić information content (AvgIpc) is 3.30. The SMILES string of the molecule is Cc1cc([C@@H](C)Nc2ccc(Cl)nc2C(=O)O)c2nc(-c3ccccc3)n3cnnc3c2c1. The summed E-state index contributed by atoms with van der Waals surface area (Å²) in [4.78, 5) is 20.6. The van der Waals surface area contributed by atoms with E-state index >= 15 is 0 Å². The monoisotopic (exact) mass is 458 g/mol. The number of hydrogen-bond donors (Lipinski definition) is 2. The highest BCUT2D eigenvalue weighted by Gasteiger charge is 2.20. The van der Waals surface area contributed by atoms with E-state index in [2.05, 4.69) is 20.5 Å². The van der Waals surface area contributed by atoms with Gasteiger partial charge in [-0.05, 0) is 37.6 Å². The van der Waals surface area contributed by atoms with E-state index in [0.29, 0.717) is 11.3 Å². The van der Waals surface area contributed by atoms with Crippen LogP contribution >= 0.6 is 11.6 Å². The van der Waals surface area contributed by atoms with Crippen LogP contribution in [0.25, 0.3) is 27.9 Å². The van der Waals surface area contributed by atoms with E-state index in [0.717, 1.165) is 33.4 Å². The molecular weight excluding hydrogens is 440 g/mol. The Labute approximate surface area is 193 Å². The summed E-state index contributed by atoms with van der Waals surface area (Å²) in [6.07, 6.45) is 1.66. The number of aromatic nitrogens is 5. The van der Waals surface area contributed by atoms with Crippen molar-refractivity contribution >= 4 is 39.8 Å². The van der Waals surface area contributed by atoms with E-state index in [-0.39, 0.29) is 16.9 Å². The first kappa shape index (κ1) is 20.8. The van der Waals surface area contributed by atoms with Gasteiger partial charge in [-0.1, -0.05) is 48.0 Å². The molecule has 2 N–H and O–H groups in total. The summed E-state index contributed by atoms with van der Waals surface area (Å²) in [5.74, 6) is -0.434. The molecule has 3 aromatic heterocycles. The number of rotatable bonds is 5. The summed E-state index contributed by atoms with van der Waals surface area (Å²) in [5, 5.41) is 22.3. The van der Waals surface area contributed by atoms with Crippen LogP contribution < -0.4 is 5.32 Å². The molecule has 0 spiro atoms. The second kappa shape index (κ2) is 8.14. The van der Waals surface area contributed by atoms with Crippen LogP contribution in [0.2, 0.25) is 5.15 Å². The fourth-order valence-electron chi connectivity index (χ4n) is 3.98. The largest absolute Gasteiger partial charge is 0.476 e. The van der Waals surface area contributed by atoms with Crippen LogP contribution in [-0.2, 0) is 0 Å². The Morgan fingerprint density at radius 1 is 1.12 bits per heavy atom. The number of anilines is 1. The Balaban J connectivity index is 1.70. The minimum absolute atomic E-state index is 0.120. The molecule has 8 nitrogen and oxygen atoms in total. The first-order valence-corrected chi connectivity index (χ1v) is 10.7. The summed E-state index contributed by atoms with van der Waals surface area (Å²) in [6.45, 7) is 3.95. The van der Waals surface area contributed by atoms with Crippen molar-refractivity contribution in [2.24, 2.45) is 0 Å². The highest BCUT2D eigenvalue weighted by atomic mass is 35.5. The molecule has 2 aromatic carbocycles. The number of pyridine rings is 1. The lowest BCUT2D eigenvalue weighted by Gasteiger charge is -2.20. The molecule has 0 radical (unpaired) electrons. The standard InChI is InChI=1S/C24H19ClN6O2/c1-13-10-16(14(2)27-18-8-9-19(25)28-21(18)24(32)33)20-17(11-13)23-30-26-12-31(23)22(29-20)15-6-4-3-5-7-15/h3-12,14,27H,1-2H3,(H,32,33)/t14-/m1/s1. The topological polar surface area (TPSA) is 105 Å². The molecule has 0 unspecified atom stereocenters. The fourth-order valence-corrected chi connectivity index (χ4v) is 4.13. The van der Waals surface area contributed by atoms with Crippen molar-refractivity contribution in [1.82, 2.24) is 24.6 Å². The zero-order chi connectivity index (χ0) is 23.1. The molecule has 5 aromatic rings. The lowest BCUT2D eigenvalue weighted by atomic mass is 10.0. The van der Waals surface area contributed by atoms with Crippen LogP contribution in [-0.4, -0.2) is 35.6 Å². The summed E-state index contributed by atoms with van der Waals surface area (Å²) in [6, 6.07) is 16.8. The van der Waals surface area contributed by atoms with Crippen molar-refractivity contribution < 1.29 is 9.90 Å². The lowest BCUT2D eigenvalue weighted by Crippen LogP contribution is -2.13. The molecule has 0 amide bonds. The Kier molecular flexibility index (Phi) is 5.14. The number of halogens is 1. The zero-order valence-electron chi connectivity index (χ0n) is 17.8. The number of benzene rings is 2. The van der Waals surface area contributed by atoms with Crippen molar-refractivity contribution in [1.29, 1.82) is 0 Å². The van der Waals surface area contributed by atoms with Crippen molar-refractivity contribution in [3.05, 3.63) is 82.9 Å². The molecule has 0 aliphatic heterocycles. The molecule has 3 heterocycles. The number of hydrogen-bond acceptors (Lipinski definition) is 6. The van der Waals surface area contributed by atoms with Gasteiger partial charge in [-0.25, -0.2) is 14.8 Å². The van der Waals surface area contributed by atoms with Gasteiger partial charge in [0, 0.05) is 16.5 Å². The smallest absolute Gasteiger partial charge is 0.356 e. The minimum atomic E-state index is -1.16. The Hall–Kier alpha value is -4.04. The summed E-state index contributed by atoms with van der Waals surface area (Å²) >= 11 is 5.91. The maximum Gasteiger partial charge on any atom is 0.356 e. The second-order valence-electron chi connectivity index (χ2n) is 7.78.